The van der Waals surface area contributed by atoms with Crippen LogP contribution in [0.1, 0.15) is 107 Å². The van der Waals surface area contributed by atoms with Crippen LogP contribution in [0.4, 0.5) is 8.78 Å². The standard InChI is InChI=1S/C32H26Cl2FN3O3.C27H27ClO3.C24H21ClO6.C6H3ClFN3/c1-18-19(2)31(38-16-25(35)26-29(34)36-17-37-30(26)38)40-27(18)28(22-12-14-24(33)15-13-22)41-32(39)23-10-8-21(9-11-23)20-6-4-3-5-7-20;1-17-18(2)25(30-19(17)3)26(22-13-15-24(28)16-14-22)31-27(29)23-11-9-21(10-12-23)20-7-5-4-6-8-20;25-18-12-10-16(11-13-18)21(22-19(26)20(27)24(29)31-22)30-23(28)17-8-6-15(7-9-17)14-4-2-1-3-5-14;7-5-4-3(8)1-9-6(4)11-2-10-5/h3-19,27-28,31H,1-2H3;4-19,25-26H,1-3H3;1-13,19-22,24,26-27,29H;1-2H,(H,9,10,11)/t18-,19+,27-,28+,31+;17-,18+,19?,25+,26-;19-,20+,21+,22-,24?;/m010./s1. The van der Waals surface area contributed by atoms with E-state index in [2.05, 4.69) is 45.7 Å². The van der Waals surface area contributed by atoms with Crippen molar-refractivity contribution in [2.45, 2.75) is 102 Å². The van der Waals surface area contributed by atoms with E-state index < -0.39 is 78.8 Å². The van der Waals surface area contributed by atoms with Gasteiger partial charge in [0, 0.05) is 33.4 Å². The van der Waals surface area contributed by atoms with Crippen LogP contribution in [0, 0.1) is 35.3 Å². The van der Waals surface area contributed by atoms with Gasteiger partial charge in [-0.25, -0.2) is 43.1 Å². The highest BCUT2D eigenvalue weighted by Gasteiger charge is 2.49. The maximum absolute atomic E-state index is 14.9. The summed E-state index contributed by atoms with van der Waals surface area (Å²) in [6.45, 7) is 10.5. The van der Waals surface area contributed by atoms with Crippen LogP contribution in [0.3, 0.4) is 0 Å². The molecule has 2 unspecified atom stereocenters. The van der Waals surface area contributed by atoms with Crippen LogP contribution in [0.5, 0.6) is 0 Å². The molecule has 3 saturated heterocycles. The van der Waals surface area contributed by atoms with Crippen molar-refractivity contribution >= 4 is 98.0 Å². The number of hydrogen-bond donors (Lipinski definition) is 4. The van der Waals surface area contributed by atoms with E-state index >= 15 is 0 Å². The number of benzene rings is 9. The van der Waals surface area contributed by atoms with Gasteiger partial charge in [0.25, 0.3) is 0 Å². The second-order valence-electron chi connectivity index (χ2n) is 27.9. The maximum Gasteiger partial charge on any atom is 0.338 e. The van der Waals surface area contributed by atoms with Gasteiger partial charge >= 0.3 is 17.9 Å². The molecule has 584 valence electrons. The van der Waals surface area contributed by atoms with Crippen LogP contribution < -0.4 is 0 Å². The molecule has 25 heteroatoms. The van der Waals surface area contributed by atoms with E-state index in [1.165, 1.54) is 25.0 Å². The summed E-state index contributed by atoms with van der Waals surface area (Å²) < 4.78 is 65.3. The first-order chi connectivity index (χ1) is 55.0. The number of hydrogen-bond acceptors (Lipinski definition) is 16. The summed E-state index contributed by atoms with van der Waals surface area (Å²) in [7, 11) is 0. The van der Waals surface area contributed by atoms with Gasteiger partial charge in [0.1, 0.15) is 71.0 Å². The molecule has 0 amide bonds. The molecule has 4 N–H and O–H groups in total. The molecule has 114 heavy (non-hydrogen) atoms. The third-order valence-corrected chi connectivity index (χ3v) is 22.2. The topological polar surface area (TPSA) is 240 Å². The second-order valence-corrected chi connectivity index (χ2v) is 30.0. The average Bonchev–Trinajstić information content (AvgIpc) is 1.60. The Hall–Kier alpha value is -10.3. The van der Waals surface area contributed by atoms with E-state index in [0.717, 1.165) is 44.5 Å². The number of aliphatic hydroxyl groups excluding tert-OH is 3. The highest BCUT2D eigenvalue weighted by molar-refractivity contribution is 6.34. The molecule has 0 radical (unpaired) electrons. The Kier molecular flexibility index (Phi) is 26.4. The lowest BCUT2D eigenvalue weighted by Crippen LogP contribution is -2.36. The number of H-pyrrole nitrogens is 1. The molecule has 16 rings (SSSR count). The highest BCUT2D eigenvalue weighted by Crippen LogP contribution is 2.48. The number of halogens is 7. The van der Waals surface area contributed by atoms with Crippen molar-refractivity contribution in [2.75, 3.05) is 0 Å². The molecule has 7 heterocycles. The number of fused-ring (bicyclic) bond motifs is 2. The highest BCUT2D eigenvalue weighted by atomic mass is 35.5. The third kappa shape index (κ3) is 18.7. The lowest BCUT2D eigenvalue weighted by Gasteiger charge is -2.27. The molecule has 15 atom stereocenters. The van der Waals surface area contributed by atoms with Gasteiger partial charge in [0.15, 0.2) is 36.2 Å². The van der Waals surface area contributed by atoms with E-state index in [1.54, 1.807) is 65.2 Å². The van der Waals surface area contributed by atoms with Crippen LogP contribution in [0.25, 0.3) is 55.4 Å². The number of carbonyl (C=O) groups is 3. The number of aliphatic hydroxyl groups is 3. The fourth-order valence-electron chi connectivity index (χ4n) is 14.0. The van der Waals surface area contributed by atoms with Crippen molar-refractivity contribution in [1.82, 2.24) is 29.5 Å². The van der Waals surface area contributed by atoms with Crippen molar-refractivity contribution in [3.63, 3.8) is 0 Å². The molecule has 3 fully saturated rings. The molecular weight excluding hydrogens is 1560 g/mol. The van der Waals surface area contributed by atoms with Crippen molar-refractivity contribution in [3.8, 4) is 33.4 Å². The Bertz CT molecular complexity index is 5250. The van der Waals surface area contributed by atoms with Gasteiger partial charge in [-0.15, -0.1) is 0 Å². The number of nitrogens with zero attached hydrogens (tertiary/aromatic N) is 5. The predicted molar refractivity (Wildman–Crippen MR) is 434 cm³/mol. The molecule has 13 aromatic rings. The summed E-state index contributed by atoms with van der Waals surface area (Å²) >= 11 is 30.0. The lowest BCUT2D eigenvalue weighted by atomic mass is 9.87. The largest absolute Gasteiger partial charge is 0.451 e. The molecule has 3 aliphatic heterocycles. The number of ether oxygens (including phenoxy) is 6. The van der Waals surface area contributed by atoms with E-state index in [4.69, 9.17) is 86.4 Å². The van der Waals surface area contributed by atoms with E-state index in [1.807, 2.05) is 190 Å². The van der Waals surface area contributed by atoms with Gasteiger partial charge in [-0.2, -0.15) is 0 Å². The zero-order chi connectivity index (χ0) is 80.4. The van der Waals surface area contributed by atoms with Gasteiger partial charge in [-0.05, 0) is 148 Å². The molecule has 0 spiro atoms. The fourth-order valence-corrected chi connectivity index (χ4v) is 14.8. The van der Waals surface area contributed by atoms with Crippen LogP contribution >= 0.6 is 58.0 Å². The number of aromatic nitrogens is 6. The minimum atomic E-state index is -1.58. The zero-order valence-corrected chi connectivity index (χ0v) is 65.7. The molecule has 0 bridgehead atoms. The van der Waals surface area contributed by atoms with Crippen molar-refractivity contribution in [3.05, 3.63) is 332 Å². The van der Waals surface area contributed by atoms with Gasteiger partial charge in [0.2, 0.25) is 0 Å². The summed E-state index contributed by atoms with van der Waals surface area (Å²) in [5.41, 5.74) is 10.3. The van der Waals surface area contributed by atoms with Crippen LogP contribution in [-0.4, -0.2) is 106 Å². The Balaban J connectivity index is 0.000000141. The molecule has 0 saturated carbocycles. The Labute approximate surface area is 681 Å². The monoisotopic (exact) mass is 1630 g/mol. The van der Waals surface area contributed by atoms with Crippen LogP contribution in [-0.2, 0) is 28.4 Å². The van der Waals surface area contributed by atoms with E-state index in [9.17, 15) is 38.5 Å². The Morgan fingerprint density at radius 1 is 0.412 bits per heavy atom. The first-order valence-electron chi connectivity index (χ1n) is 36.6. The second kappa shape index (κ2) is 36.9. The predicted octanol–water partition coefficient (Wildman–Crippen LogP) is 20.4. The van der Waals surface area contributed by atoms with Gasteiger partial charge in [-0.3, -0.25) is 0 Å². The summed E-state index contributed by atoms with van der Waals surface area (Å²) in [5.74, 6) is -1.95. The maximum atomic E-state index is 14.9. The van der Waals surface area contributed by atoms with E-state index in [-0.39, 0.29) is 57.0 Å². The first kappa shape index (κ1) is 81.7. The summed E-state index contributed by atoms with van der Waals surface area (Å²) in [6.07, 6.45) is -4.12. The van der Waals surface area contributed by atoms with Gasteiger partial charge in [0.05, 0.1) is 33.6 Å². The number of esters is 3. The molecule has 9 aromatic carbocycles. The summed E-state index contributed by atoms with van der Waals surface area (Å²) in [5, 5.41) is 32.2. The Morgan fingerprint density at radius 2 is 0.781 bits per heavy atom. The number of rotatable bonds is 16. The minimum absolute atomic E-state index is 0.0350. The van der Waals surface area contributed by atoms with Gasteiger partial charge in [-0.1, -0.05) is 249 Å². The number of nitrogens with one attached hydrogen (secondary N) is 1. The molecule has 0 aliphatic carbocycles. The third-order valence-electron chi connectivity index (χ3n) is 20.9. The van der Waals surface area contributed by atoms with Crippen LogP contribution in [0.2, 0.25) is 25.4 Å². The normalized spacial score (nSPS) is 21.7. The van der Waals surface area contributed by atoms with E-state index in [0.29, 0.717) is 54.5 Å². The number of carbonyl (C=O) groups excluding carboxylic acids is 3. The molecule has 3 aliphatic rings. The van der Waals surface area contributed by atoms with Crippen molar-refractivity contribution in [2.24, 2.45) is 23.7 Å². The first-order valence-corrected chi connectivity index (χ1v) is 38.5. The smallest absolute Gasteiger partial charge is 0.338 e. The quantitative estimate of drug-likeness (QED) is 0.0399. The van der Waals surface area contributed by atoms with Crippen molar-refractivity contribution < 1.29 is 66.9 Å². The lowest BCUT2D eigenvalue weighted by molar-refractivity contribution is -0.148. The van der Waals surface area contributed by atoms with Crippen molar-refractivity contribution in [1.29, 1.82) is 0 Å². The summed E-state index contributed by atoms with van der Waals surface area (Å²) in [6, 6.07) is 72.6. The average molecular weight is 1640 g/mol. The minimum Gasteiger partial charge on any atom is -0.451 e. The number of aromatic amines is 1. The molecular formula is C89H77Cl5F2N6O12. The van der Waals surface area contributed by atoms with Gasteiger partial charge < -0.3 is 53.3 Å². The Morgan fingerprint density at radius 3 is 1.16 bits per heavy atom. The fraction of sp³-hybridized carbons (Fsp3) is 0.225. The summed E-state index contributed by atoms with van der Waals surface area (Å²) in [4.78, 5) is 57.6. The zero-order valence-electron chi connectivity index (χ0n) is 61.9. The molecule has 4 aromatic heterocycles. The molecule has 18 nitrogen and oxygen atoms in total. The SMILES string of the molecule is CC1O[C@H]([C@H](OC(=O)c2ccc(-c3ccccc3)cc2)c2ccc(Cl)cc2)[C@@H](C)[C@H]1C.C[C@@H]1[C@H](C)[C@@H]([C@H](OC(=O)c2ccc(-c3ccccc3)cc2)c2ccc(Cl)cc2)O[C@H]1n1cc(F)c2c(Cl)ncnc21.Fc1c[nH]c2ncnc(Cl)c12.O=C(O[C@H](c1ccc(Cl)cc1)[C@H]1OC(O)[C@H](O)[C@@H]1O)c1ccc(-c2ccccc2)cc1. The van der Waals surface area contributed by atoms with Crippen LogP contribution in [0.15, 0.2) is 262 Å².